The molecule has 1 nitrogen and oxygen atoms in total. The Kier molecular flexibility index (Phi) is 3.92. The SMILES string of the molecule is CC(CCl)CSc1ccc2c(n1)CCC2. The highest BCUT2D eigenvalue weighted by atomic mass is 35.5. The number of alkyl halides is 1. The largest absolute Gasteiger partial charge is 0.246 e. The van der Waals surface area contributed by atoms with E-state index in [0.717, 1.165) is 23.1 Å². The fourth-order valence-electron chi connectivity index (χ4n) is 1.75. The molecule has 0 aliphatic heterocycles. The molecule has 2 rings (SSSR count). The van der Waals surface area contributed by atoms with Crippen molar-refractivity contribution in [2.45, 2.75) is 31.2 Å². The molecule has 0 aromatic carbocycles. The van der Waals surface area contributed by atoms with Crippen molar-refractivity contribution in [2.75, 3.05) is 11.6 Å². The minimum atomic E-state index is 0.562. The Morgan fingerprint density at radius 3 is 3.13 bits per heavy atom. The summed E-state index contributed by atoms with van der Waals surface area (Å²) in [7, 11) is 0. The number of hydrogen-bond donors (Lipinski definition) is 0. The van der Waals surface area contributed by atoms with Crippen molar-refractivity contribution in [2.24, 2.45) is 5.92 Å². The minimum Gasteiger partial charge on any atom is -0.246 e. The van der Waals surface area contributed by atoms with Gasteiger partial charge in [0.2, 0.25) is 0 Å². The summed E-state index contributed by atoms with van der Waals surface area (Å²) in [5, 5.41) is 1.16. The molecule has 0 spiro atoms. The van der Waals surface area contributed by atoms with Crippen LogP contribution in [0.15, 0.2) is 17.2 Å². The highest BCUT2D eigenvalue weighted by molar-refractivity contribution is 7.99. The number of aryl methyl sites for hydroxylation is 2. The lowest BCUT2D eigenvalue weighted by atomic mass is 10.2. The maximum absolute atomic E-state index is 5.78. The van der Waals surface area contributed by atoms with Gasteiger partial charge in [0.1, 0.15) is 0 Å². The van der Waals surface area contributed by atoms with E-state index in [-0.39, 0.29) is 0 Å². The summed E-state index contributed by atoms with van der Waals surface area (Å²) in [6.45, 7) is 2.17. The smallest absolute Gasteiger partial charge is 0.0963 e. The van der Waals surface area contributed by atoms with Crippen LogP contribution in [0.3, 0.4) is 0 Å². The second kappa shape index (κ2) is 5.22. The third-order valence-corrected chi connectivity index (χ3v) is 4.47. The molecule has 1 aromatic heterocycles. The molecule has 0 saturated carbocycles. The summed E-state index contributed by atoms with van der Waals surface area (Å²) < 4.78 is 0. The lowest BCUT2D eigenvalue weighted by Gasteiger charge is -2.07. The molecule has 15 heavy (non-hydrogen) atoms. The van der Waals surface area contributed by atoms with Crippen LogP contribution >= 0.6 is 23.4 Å². The van der Waals surface area contributed by atoms with E-state index in [1.165, 1.54) is 24.1 Å². The van der Waals surface area contributed by atoms with Crippen LogP contribution in [0.4, 0.5) is 0 Å². The van der Waals surface area contributed by atoms with Crippen LogP contribution in [-0.2, 0) is 12.8 Å². The standard InChI is InChI=1S/C12H16ClNS/c1-9(7-13)8-15-12-6-5-10-3-2-4-11(10)14-12/h5-6,9H,2-4,7-8H2,1H3. The molecule has 0 radical (unpaired) electrons. The zero-order valence-electron chi connectivity index (χ0n) is 9.00. The molecule has 0 fully saturated rings. The van der Waals surface area contributed by atoms with Crippen molar-refractivity contribution < 1.29 is 0 Å². The minimum absolute atomic E-state index is 0.562. The van der Waals surface area contributed by atoms with Crippen molar-refractivity contribution >= 4 is 23.4 Å². The average molecular weight is 242 g/mol. The van der Waals surface area contributed by atoms with Crippen molar-refractivity contribution in [3.8, 4) is 0 Å². The molecule has 0 amide bonds. The molecule has 1 heterocycles. The summed E-state index contributed by atoms with van der Waals surface area (Å²) in [6.07, 6.45) is 3.65. The Labute approximate surface area is 101 Å². The third kappa shape index (κ3) is 2.88. The van der Waals surface area contributed by atoms with E-state index in [4.69, 9.17) is 11.6 Å². The second-order valence-electron chi connectivity index (χ2n) is 4.18. The quantitative estimate of drug-likeness (QED) is 0.591. The van der Waals surface area contributed by atoms with Gasteiger partial charge in [0.05, 0.1) is 5.03 Å². The van der Waals surface area contributed by atoms with Gasteiger partial charge in [0.25, 0.3) is 0 Å². The molecule has 0 N–H and O–H groups in total. The van der Waals surface area contributed by atoms with E-state index in [2.05, 4.69) is 24.0 Å². The van der Waals surface area contributed by atoms with Crippen molar-refractivity contribution in [3.63, 3.8) is 0 Å². The molecule has 0 bridgehead atoms. The molecule has 1 aliphatic rings. The lowest BCUT2D eigenvalue weighted by molar-refractivity contribution is 0.758. The Morgan fingerprint density at radius 2 is 2.33 bits per heavy atom. The monoisotopic (exact) mass is 241 g/mol. The fourth-order valence-corrected chi connectivity index (χ4v) is 2.90. The third-order valence-electron chi connectivity index (χ3n) is 2.68. The van der Waals surface area contributed by atoms with E-state index < -0.39 is 0 Å². The van der Waals surface area contributed by atoms with Crippen LogP contribution in [0.2, 0.25) is 0 Å². The molecule has 82 valence electrons. The van der Waals surface area contributed by atoms with Crippen LogP contribution in [0.1, 0.15) is 24.6 Å². The molecule has 1 aliphatic carbocycles. The molecular formula is C12H16ClNS. The first-order chi connectivity index (χ1) is 7.29. The summed E-state index contributed by atoms with van der Waals surface area (Å²) in [5.74, 6) is 2.36. The first kappa shape index (κ1) is 11.3. The lowest BCUT2D eigenvalue weighted by Crippen LogP contribution is -2.00. The molecular weight excluding hydrogens is 226 g/mol. The van der Waals surface area contributed by atoms with Crippen LogP contribution in [-0.4, -0.2) is 16.6 Å². The van der Waals surface area contributed by atoms with Gasteiger partial charge in [-0.05, 0) is 36.8 Å². The first-order valence-electron chi connectivity index (χ1n) is 5.47. The topological polar surface area (TPSA) is 12.9 Å². The number of pyridine rings is 1. The van der Waals surface area contributed by atoms with Gasteiger partial charge in [0, 0.05) is 17.3 Å². The fraction of sp³-hybridized carbons (Fsp3) is 0.583. The molecule has 1 unspecified atom stereocenters. The predicted molar refractivity (Wildman–Crippen MR) is 66.9 cm³/mol. The Hall–Kier alpha value is -0.210. The molecule has 1 atom stereocenters. The van der Waals surface area contributed by atoms with Gasteiger partial charge < -0.3 is 0 Å². The highest BCUT2D eigenvalue weighted by Crippen LogP contribution is 2.25. The van der Waals surface area contributed by atoms with E-state index in [9.17, 15) is 0 Å². The van der Waals surface area contributed by atoms with Crippen LogP contribution in [0.5, 0.6) is 0 Å². The van der Waals surface area contributed by atoms with Crippen molar-refractivity contribution in [3.05, 3.63) is 23.4 Å². The van der Waals surface area contributed by atoms with Crippen molar-refractivity contribution in [1.29, 1.82) is 0 Å². The van der Waals surface area contributed by atoms with E-state index in [1.807, 2.05) is 11.8 Å². The second-order valence-corrected chi connectivity index (χ2v) is 5.53. The van der Waals surface area contributed by atoms with Gasteiger partial charge in [-0.3, -0.25) is 0 Å². The van der Waals surface area contributed by atoms with Crippen LogP contribution < -0.4 is 0 Å². The normalized spacial score (nSPS) is 16.4. The van der Waals surface area contributed by atoms with E-state index in [0.29, 0.717) is 5.92 Å². The number of thioether (sulfide) groups is 1. The molecule has 0 saturated heterocycles. The number of aromatic nitrogens is 1. The highest BCUT2D eigenvalue weighted by Gasteiger charge is 2.12. The Balaban J connectivity index is 1.98. The maximum Gasteiger partial charge on any atom is 0.0963 e. The summed E-state index contributed by atoms with van der Waals surface area (Å²) >= 11 is 7.60. The zero-order chi connectivity index (χ0) is 10.7. The van der Waals surface area contributed by atoms with Gasteiger partial charge in [0.15, 0.2) is 0 Å². The van der Waals surface area contributed by atoms with E-state index in [1.54, 1.807) is 0 Å². The number of rotatable bonds is 4. The molecule has 3 heteroatoms. The van der Waals surface area contributed by atoms with E-state index >= 15 is 0 Å². The number of fused-ring (bicyclic) bond motifs is 1. The van der Waals surface area contributed by atoms with Gasteiger partial charge in [-0.2, -0.15) is 0 Å². The number of nitrogens with zero attached hydrogens (tertiary/aromatic N) is 1. The van der Waals surface area contributed by atoms with Crippen LogP contribution in [0, 0.1) is 5.92 Å². The summed E-state index contributed by atoms with van der Waals surface area (Å²) in [6, 6.07) is 4.39. The van der Waals surface area contributed by atoms with Gasteiger partial charge in [-0.25, -0.2) is 4.98 Å². The number of halogens is 1. The zero-order valence-corrected chi connectivity index (χ0v) is 10.6. The first-order valence-corrected chi connectivity index (χ1v) is 6.99. The summed E-state index contributed by atoms with van der Waals surface area (Å²) in [4.78, 5) is 4.68. The Morgan fingerprint density at radius 1 is 1.47 bits per heavy atom. The predicted octanol–water partition coefficient (Wildman–Crippen LogP) is 3.54. The van der Waals surface area contributed by atoms with Crippen molar-refractivity contribution in [1.82, 2.24) is 4.98 Å². The maximum atomic E-state index is 5.78. The van der Waals surface area contributed by atoms with Gasteiger partial charge in [-0.1, -0.05) is 13.0 Å². The Bertz CT molecular complexity index is 340. The number of hydrogen-bond acceptors (Lipinski definition) is 2. The summed E-state index contributed by atoms with van der Waals surface area (Å²) in [5.41, 5.74) is 2.77. The average Bonchev–Trinajstić information content (AvgIpc) is 2.72. The van der Waals surface area contributed by atoms with Gasteiger partial charge >= 0.3 is 0 Å². The van der Waals surface area contributed by atoms with Crippen LogP contribution in [0.25, 0.3) is 0 Å². The molecule has 1 aromatic rings. The van der Waals surface area contributed by atoms with Gasteiger partial charge in [-0.15, -0.1) is 23.4 Å².